The second kappa shape index (κ2) is 5.72. The van der Waals surface area contributed by atoms with E-state index >= 15 is 0 Å². The van der Waals surface area contributed by atoms with Gasteiger partial charge in [-0.2, -0.15) is 0 Å². The molecule has 1 aromatic heterocycles. The first-order chi connectivity index (χ1) is 10.1. The number of H-pyrrole nitrogens is 1. The number of para-hydroxylation sites is 2. The molecule has 21 heavy (non-hydrogen) atoms. The van der Waals surface area contributed by atoms with Crippen LogP contribution in [0.25, 0.3) is 11.0 Å². The normalized spacial score (nSPS) is 13.0. The van der Waals surface area contributed by atoms with Gasteiger partial charge in [0.05, 0.1) is 11.0 Å². The smallest absolute Gasteiger partial charge is 0.110 e. The van der Waals surface area contributed by atoms with Gasteiger partial charge in [0.15, 0.2) is 0 Å². The Morgan fingerprint density at radius 1 is 0.952 bits per heavy atom. The van der Waals surface area contributed by atoms with Crippen molar-refractivity contribution in [3.8, 4) is 0 Å². The third-order valence-corrected chi connectivity index (χ3v) is 4.06. The molecule has 0 radical (unpaired) electrons. The number of nitrogens with one attached hydrogen (secondary N) is 1. The van der Waals surface area contributed by atoms with E-state index in [-0.39, 0.29) is 0 Å². The fourth-order valence-corrected chi connectivity index (χ4v) is 2.69. The highest BCUT2D eigenvalue weighted by atomic mass is 14.9. The molecule has 0 amide bonds. The fourth-order valence-electron chi connectivity index (χ4n) is 2.69. The standard InChI is InChI=1S/C19H22N2/c1-13(2)16-10-8-15(9-11-16)12-14(3)19-20-17-6-4-5-7-18(17)21-19/h4-11,13-14H,12H2,1-3H3,(H,20,21)/t14-/m0/s1. The van der Waals surface area contributed by atoms with Crippen LogP contribution in [0.5, 0.6) is 0 Å². The lowest BCUT2D eigenvalue weighted by Gasteiger charge is -2.10. The van der Waals surface area contributed by atoms with Gasteiger partial charge in [-0.05, 0) is 35.6 Å². The molecule has 1 N–H and O–H groups in total. The van der Waals surface area contributed by atoms with E-state index in [9.17, 15) is 0 Å². The van der Waals surface area contributed by atoms with Crippen LogP contribution in [0.15, 0.2) is 48.5 Å². The molecule has 0 fully saturated rings. The lowest BCUT2D eigenvalue weighted by Crippen LogP contribution is -2.01. The largest absolute Gasteiger partial charge is 0.342 e. The molecule has 0 spiro atoms. The van der Waals surface area contributed by atoms with Crippen molar-refractivity contribution in [2.24, 2.45) is 0 Å². The zero-order valence-electron chi connectivity index (χ0n) is 12.9. The van der Waals surface area contributed by atoms with Crippen molar-refractivity contribution in [2.45, 2.75) is 39.0 Å². The Morgan fingerprint density at radius 2 is 1.67 bits per heavy atom. The van der Waals surface area contributed by atoms with Gasteiger partial charge in [-0.1, -0.05) is 57.2 Å². The van der Waals surface area contributed by atoms with Crippen molar-refractivity contribution in [1.29, 1.82) is 0 Å². The van der Waals surface area contributed by atoms with Crippen molar-refractivity contribution in [1.82, 2.24) is 9.97 Å². The minimum Gasteiger partial charge on any atom is -0.342 e. The SMILES string of the molecule is CC(C)c1ccc(C[C@H](C)c2nc3ccccc3[nH]2)cc1. The van der Waals surface area contributed by atoms with Crippen molar-refractivity contribution in [3.05, 3.63) is 65.5 Å². The molecule has 2 aromatic carbocycles. The Bertz CT molecular complexity index is 690. The van der Waals surface area contributed by atoms with E-state index < -0.39 is 0 Å². The van der Waals surface area contributed by atoms with E-state index in [2.05, 4.69) is 62.2 Å². The summed E-state index contributed by atoms with van der Waals surface area (Å²) in [6, 6.07) is 17.2. The van der Waals surface area contributed by atoms with E-state index in [1.54, 1.807) is 0 Å². The zero-order chi connectivity index (χ0) is 14.8. The van der Waals surface area contributed by atoms with Gasteiger partial charge in [0.25, 0.3) is 0 Å². The zero-order valence-corrected chi connectivity index (χ0v) is 12.9. The molecule has 108 valence electrons. The van der Waals surface area contributed by atoms with Gasteiger partial charge < -0.3 is 4.98 Å². The lowest BCUT2D eigenvalue weighted by atomic mass is 9.97. The van der Waals surface area contributed by atoms with Crippen LogP contribution in [-0.2, 0) is 6.42 Å². The molecule has 3 aromatic rings. The van der Waals surface area contributed by atoms with E-state index in [1.165, 1.54) is 11.1 Å². The molecule has 1 heterocycles. The molecule has 0 unspecified atom stereocenters. The van der Waals surface area contributed by atoms with Crippen LogP contribution in [0.3, 0.4) is 0 Å². The highest BCUT2D eigenvalue weighted by molar-refractivity contribution is 5.74. The summed E-state index contributed by atoms with van der Waals surface area (Å²) in [6.45, 7) is 6.69. The van der Waals surface area contributed by atoms with Crippen LogP contribution in [0.1, 0.15) is 49.6 Å². The number of nitrogens with zero attached hydrogens (tertiary/aromatic N) is 1. The maximum absolute atomic E-state index is 4.70. The predicted molar refractivity (Wildman–Crippen MR) is 88.7 cm³/mol. The van der Waals surface area contributed by atoms with Gasteiger partial charge in [-0.3, -0.25) is 0 Å². The summed E-state index contributed by atoms with van der Waals surface area (Å²) in [5.41, 5.74) is 4.94. The van der Waals surface area contributed by atoms with Crippen LogP contribution in [0.4, 0.5) is 0 Å². The van der Waals surface area contributed by atoms with Crippen LogP contribution in [-0.4, -0.2) is 9.97 Å². The number of hydrogen-bond acceptors (Lipinski definition) is 1. The minimum atomic E-state index is 0.391. The van der Waals surface area contributed by atoms with Crippen molar-refractivity contribution < 1.29 is 0 Å². The Labute approximate surface area is 126 Å². The monoisotopic (exact) mass is 278 g/mol. The first-order valence-electron chi connectivity index (χ1n) is 7.67. The Kier molecular flexibility index (Phi) is 3.78. The number of benzene rings is 2. The second-order valence-electron chi connectivity index (χ2n) is 6.14. The maximum Gasteiger partial charge on any atom is 0.110 e. The number of aromatic amines is 1. The minimum absolute atomic E-state index is 0.391. The first-order valence-corrected chi connectivity index (χ1v) is 7.67. The van der Waals surface area contributed by atoms with Gasteiger partial charge in [-0.15, -0.1) is 0 Å². The molecule has 2 heteroatoms. The molecule has 0 bridgehead atoms. The first kappa shape index (κ1) is 13.9. The molecule has 0 aliphatic rings. The van der Waals surface area contributed by atoms with Crippen molar-refractivity contribution >= 4 is 11.0 Å². The molecule has 2 nitrogen and oxygen atoms in total. The summed E-state index contributed by atoms with van der Waals surface area (Å²) in [7, 11) is 0. The molecular weight excluding hydrogens is 256 g/mol. The molecule has 0 saturated heterocycles. The summed E-state index contributed by atoms with van der Waals surface area (Å²) in [6.07, 6.45) is 1.01. The third-order valence-electron chi connectivity index (χ3n) is 4.06. The summed E-state index contributed by atoms with van der Waals surface area (Å²) < 4.78 is 0. The van der Waals surface area contributed by atoms with E-state index in [0.717, 1.165) is 23.3 Å². The van der Waals surface area contributed by atoms with Crippen molar-refractivity contribution in [3.63, 3.8) is 0 Å². The molecule has 1 atom stereocenters. The molecular formula is C19H22N2. The van der Waals surface area contributed by atoms with Crippen LogP contribution in [0.2, 0.25) is 0 Å². The van der Waals surface area contributed by atoms with Gasteiger partial charge >= 0.3 is 0 Å². The second-order valence-corrected chi connectivity index (χ2v) is 6.14. The number of aromatic nitrogens is 2. The molecule has 3 rings (SSSR count). The molecule has 0 aliphatic heterocycles. The third kappa shape index (κ3) is 2.99. The number of hydrogen-bond donors (Lipinski definition) is 1. The molecule has 0 aliphatic carbocycles. The average molecular weight is 278 g/mol. The summed E-state index contributed by atoms with van der Waals surface area (Å²) in [5.74, 6) is 2.05. The van der Waals surface area contributed by atoms with E-state index in [1.807, 2.05) is 12.1 Å². The summed E-state index contributed by atoms with van der Waals surface area (Å²) in [5, 5.41) is 0. The fraction of sp³-hybridized carbons (Fsp3) is 0.316. The van der Waals surface area contributed by atoms with E-state index in [4.69, 9.17) is 4.98 Å². The van der Waals surface area contributed by atoms with Gasteiger partial charge in [0.2, 0.25) is 0 Å². The highest BCUT2D eigenvalue weighted by Gasteiger charge is 2.11. The molecule has 0 saturated carbocycles. The van der Waals surface area contributed by atoms with Crippen LogP contribution < -0.4 is 0 Å². The average Bonchev–Trinajstić information content (AvgIpc) is 2.92. The maximum atomic E-state index is 4.70. The van der Waals surface area contributed by atoms with Gasteiger partial charge in [0, 0.05) is 5.92 Å². The number of fused-ring (bicyclic) bond motifs is 1. The Morgan fingerprint density at radius 3 is 2.33 bits per heavy atom. The summed E-state index contributed by atoms with van der Waals surface area (Å²) >= 11 is 0. The van der Waals surface area contributed by atoms with Gasteiger partial charge in [-0.25, -0.2) is 4.98 Å². The highest BCUT2D eigenvalue weighted by Crippen LogP contribution is 2.22. The van der Waals surface area contributed by atoms with E-state index in [0.29, 0.717) is 11.8 Å². The predicted octanol–water partition coefficient (Wildman–Crippen LogP) is 5.03. The topological polar surface area (TPSA) is 28.7 Å². The van der Waals surface area contributed by atoms with Crippen molar-refractivity contribution in [2.75, 3.05) is 0 Å². The van der Waals surface area contributed by atoms with Crippen LogP contribution >= 0.6 is 0 Å². The van der Waals surface area contributed by atoms with Crippen LogP contribution in [0, 0.1) is 0 Å². The lowest BCUT2D eigenvalue weighted by molar-refractivity contribution is 0.712. The summed E-state index contributed by atoms with van der Waals surface area (Å²) in [4.78, 5) is 8.13. The Hall–Kier alpha value is -2.09. The Balaban J connectivity index is 1.77. The quantitative estimate of drug-likeness (QED) is 0.712. The number of imidazole rings is 1. The number of rotatable bonds is 4. The van der Waals surface area contributed by atoms with Gasteiger partial charge in [0.1, 0.15) is 5.82 Å².